The van der Waals surface area contributed by atoms with E-state index in [1.807, 2.05) is 72.8 Å². The van der Waals surface area contributed by atoms with Gasteiger partial charge in [-0.25, -0.2) is 9.78 Å². The predicted molar refractivity (Wildman–Crippen MR) is 153 cm³/mol. The van der Waals surface area contributed by atoms with E-state index in [0.29, 0.717) is 11.6 Å². The summed E-state index contributed by atoms with van der Waals surface area (Å²) in [6.45, 7) is 0. The molecule has 1 aromatic heterocycles. The number of methoxy groups -OCH3 is 1. The van der Waals surface area contributed by atoms with Crippen molar-refractivity contribution in [3.63, 3.8) is 0 Å². The molecule has 5 aromatic rings. The van der Waals surface area contributed by atoms with Gasteiger partial charge in [0, 0.05) is 11.6 Å². The Bertz CT molecular complexity index is 1610. The summed E-state index contributed by atoms with van der Waals surface area (Å²) >= 11 is 0. The molecule has 6 nitrogen and oxygen atoms in total. The van der Waals surface area contributed by atoms with E-state index in [-0.39, 0.29) is 5.56 Å². The number of aromatic nitrogens is 2. The number of rotatable bonds is 7. The number of hydrogen-bond donors (Lipinski definition) is 1. The molecule has 0 spiro atoms. The first-order chi connectivity index (χ1) is 19.1. The highest BCUT2D eigenvalue weighted by molar-refractivity contribution is 5.93. The summed E-state index contributed by atoms with van der Waals surface area (Å²) in [6, 6.07) is 29.6. The third-order valence-corrected chi connectivity index (χ3v) is 7.48. The molecule has 0 bridgehead atoms. The monoisotopic (exact) mass is 518 g/mol. The van der Waals surface area contributed by atoms with E-state index in [2.05, 4.69) is 10.6 Å². The molecule has 1 saturated carbocycles. The van der Waals surface area contributed by atoms with Crippen molar-refractivity contribution < 1.29 is 19.4 Å². The van der Waals surface area contributed by atoms with Crippen LogP contribution in [0.1, 0.15) is 48.5 Å². The first-order valence-corrected chi connectivity index (χ1v) is 13.4. The molecule has 0 saturated heterocycles. The molecule has 4 aromatic carbocycles. The fraction of sp³-hybridized carbons (Fsp3) is 0.212. The Morgan fingerprint density at radius 1 is 0.795 bits per heavy atom. The van der Waals surface area contributed by atoms with Crippen LogP contribution in [0.4, 0.5) is 0 Å². The Morgan fingerprint density at radius 3 is 2.23 bits per heavy atom. The normalized spacial score (nSPS) is 13.9. The average Bonchev–Trinajstić information content (AvgIpc) is 3.37. The Labute approximate surface area is 227 Å². The molecular formula is C33H30N2O4. The Hall–Kier alpha value is -4.58. The van der Waals surface area contributed by atoms with Gasteiger partial charge in [0.2, 0.25) is 0 Å². The van der Waals surface area contributed by atoms with E-state index >= 15 is 0 Å². The number of benzene rings is 4. The number of nitrogens with zero attached hydrogens (tertiary/aromatic N) is 2. The van der Waals surface area contributed by atoms with Crippen molar-refractivity contribution >= 4 is 17.0 Å². The van der Waals surface area contributed by atoms with Crippen molar-refractivity contribution in [3.05, 3.63) is 96.6 Å². The summed E-state index contributed by atoms with van der Waals surface area (Å²) in [5.41, 5.74) is 5.08. The van der Waals surface area contributed by atoms with Gasteiger partial charge in [0.25, 0.3) is 0 Å². The fourth-order valence-electron chi connectivity index (χ4n) is 5.48. The molecular weight excluding hydrogens is 488 g/mol. The van der Waals surface area contributed by atoms with Crippen molar-refractivity contribution in [2.75, 3.05) is 7.11 Å². The van der Waals surface area contributed by atoms with Crippen molar-refractivity contribution in [2.24, 2.45) is 0 Å². The van der Waals surface area contributed by atoms with Crippen LogP contribution in [0.25, 0.3) is 33.5 Å². The van der Waals surface area contributed by atoms with Crippen molar-refractivity contribution in [1.82, 2.24) is 9.55 Å². The number of carbonyl (C=O) groups is 1. The van der Waals surface area contributed by atoms with Gasteiger partial charge in [0.05, 0.1) is 23.7 Å². The van der Waals surface area contributed by atoms with E-state index in [4.69, 9.17) is 14.5 Å². The first-order valence-electron chi connectivity index (χ1n) is 13.4. The van der Waals surface area contributed by atoms with Crippen LogP contribution in [-0.4, -0.2) is 27.7 Å². The molecule has 1 aliphatic rings. The lowest BCUT2D eigenvalue weighted by atomic mass is 9.95. The third-order valence-electron chi connectivity index (χ3n) is 7.48. The molecule has 196 valence electrons. The number of carboxylic acid groups (broad SMARTS) is 1. The molecule has 6 rings (SSSR count). The van der Waals surface area contributed by atoms with Gasteiger partial charge in [-0.2, -0.15) is 0 Å². The van der Waals surface area contributed by atoms with Gasteiger partial charge in [-0.1, -0.05) is 43.5 Å². The number of fused-ring (bicyclic) bond motifs is 1. The maximum Gasteiger partial charge on any atom is 0.335 e. The number of carboxylic acids is 1. The Kier molecular flexibility index (Phi) is 6.76. The van der Waals surface area contributed by atoms with Crippen molar-refractivity contribution in [3.8, 4) is 39.8 Å². The van der Waals surface area contributed by atoms with Gasteiger partial charge in [-0.3, -0.25) is 0 Å². The van der Waals surface area contributed by atoms with Crippen LogP contribution in [0.3, 0.4) is 0 Å². The zero-order chi connectivity index (χ0) is 26.8. The van der Waals surface area contributed by atoms with Crippen LogP contribution in [0, 0.1) is 0 Å². The molecule has 0 aliphatic heterocycles. The molecule has 39 heavy (non-hydrogen) atoms. The predicted octanol–water partition coefficient (Wildman–Crippen LogP) is 8.37. The minimum absolute atomic E-state index is 0.253. The Balaban J connectivity index is 1.29. The van der Waals surface area contributed by atoms with E-state index < -0.39 is 5.97 Å². The van der Waals surface area contributed by atoms with E-state index in [0.717, 1.165) is 58.1 Å². The quantitative estimate of drug-likeness (QED) is 0.234. The summed E-state index contributed by atoms with van der Waals surface area (Å²) in [7, 11) is 1.66. The van der Waals surface area contributed by atoms with Gasteiger partial charge >= 0.3 is 5.97 Å². The largest absolute Gasteiger partial charge is 0.497 e. The number of imidazole rings is 1. The highest BCUT2D eigenvalue weighted by atomic mass is 16.5. The van der Waals surface area contributed by atoms with E-state index in [1.165, 1.54) is 19.3 Å². The maximum absolute atomic E-state index is 11.6. The van der Waals surface area contributed by atoms with Crippen molar-refractivity contribution in [1.29, 1.82) is 0 Å². The number of ether oxygens (including phenoxy) is 2. The summed E-state index contributed by atoms with van der Waals surface area (Å²) in [6.07, 6.45) is 5.85. The number of hydrogen-bond acceptors (Lipinski definition) is 4. The second kappa shape index (κ2) is 10.7. The van der Waals surface area contributed by atoms with Crippen LogP contribution in [0.2, 0.25) is 0 Å². The third kappa shape index (κ3) is 5.10. The molecule has 0 atom stereocenters. The standard InChI is InChI=1S/C33H30N2O4/c1-38-27-15-10-22(11-16-27)24-6-5-9-29(20-24)39-28-17-12-23(13-18-28)32-34-30-21-25(33(36)37)14-19-31(30)35(32)26-7-3-2-4-8-26/h5-6,9-21,26H,2-4,7-8H2,1H3,(H,36,37). The minimum Gasteiger partial charge on any atom is -0.497 e. The highest BCUT2D eigenvalue weighted by Crippen LogP contribution is 2.37. The zero-order valence-electron chi connectivity index (χ0n) is 21.8. The molecule has 0 radical (unpaired) electrons. The SMILES string of the molecule is COc1ccc(-c2cccc(Oc3ccc(-c4nc5cc(C(=O)O)ccc5n4C4CCCCC4)cc3)c2)cc1. The topological polar surface area (TPSA) is 73.6 Å². The molecule has 1 N–H and O–H groups in total. The van der Waals surface area contributed by atoms with E-state index in [1.54, 1.807) is 19.2 Å². The molecule has 1 fully saturated rings. The summed E-state index contributed by atoms with van der Waals surface area (Å²) < 4.78 is 13.8. The fourth-order valence-corrected chi connectivity index (χ4v) is 5.48. The maximum atomic E-state index is 11.6. The highest BCUT2D eigenvalue weighted by Gasteiger charge is 2.23. The van der Waals surface area contributed by atoms with Crippen LogP contribution in [0.15, 0.2) is 91.0 Å². The second-order valence-corrected chi connectivity index (χ2v) is 9.99. The average molecular weight is 519 g/mol. The van der Waals surface area contributed by atoms with Crippen LogP contribution in [0.5, 0.6) is 17.2 Å². The zero-order valence-corrected chi connectivity index (χ0v) is 21.8. The first kappa shape index (κ1) is 24.7. The van der Waals surface area contributed by atoms with Gasteiger partial charge < -0.3 is 19.1 Å². The summed E-state index contributed by atoms with van der Waals surface area (Å²) in [4.78, 5) is 16.5. The summed E-state index contributed by atoms with van der Waals surface area (Å²) in [5, 5.41) is 9.49. The van der Waals surface area contributed by atoms with Crippen LogP contribution in [-0.2, 0) is 0 Å². The molecule has 0 unspecified atom stereocenters. The van der Waals surface area contributed by atoms with Gasteiger partial charge in [0.1, 0.15) is 23.1 Å². The van der Waals surface area contributed by atoms with Gasteiger partial charge in [-0.15, -0.1) is 0 Å². The Morgan fingerprint density at radius 2 is 1.51 bits per heavy atom. The lowest BCUT2D eigenvalue weighted by molar-refractivity contribution is 0.0697. The van der Waals surface area contributed by atoms with Crippen LogP contribution >= 0.6 is 0 Å². The number of aromatic carboxylic acids is 1. The lowest BCUT2D eigenvalue weighted by Crippen LogP contribution is -2.14. The van der Waals surface area contributed by atoms with E-state index in [9.17, 15) is 9.90 Å². The second-order valence-electron chi connectivity index (χ2n) is 9.99. The molecule has 0 amide bonds. The smallest absolute Gasteiger partial charge is 0.335 e. The molecule has 1 aliphatic carbocycles. The van der Waals surface area contributed by atoms with Crippen molar-refractivity contribution in [2.45, 2.75) is 38.1 Å². The summed E-state index contributed by atoms with van der Waals surface area (Å²) in [5.74, 6) is 2.24. The van der Waals surface area contributed by atoms with Gasteiger partial charge in [0.15, 0.2) is 0 Å². The van der Waals surface area contributed by atoms with Crippen LogP contribution < -0.4 is 9.47 Å². The molecule has 6 heteroatoms. The minimum atomic E-state index is -0.941. The molecule has 1 heterocycles. The lowest BCUT2D eigenvalue weighted by Gasteiger charge is -2.25. The van der Waals surface area contributed by atoms with Gasteiger partial charge in [-0.05, 0) is 90.7 Å².